The summed E-state index contributed by atoms with van der Waals surface area (Å²) < 4.78 is 10.5. The number of nitrogens with one attached hydrogen (secondary N) is 1. The molecule has 0 fully saturated rings. The Bertz CT molecular complexity index is 543. The largest absolute Gasteiger partial charge is 0.493 e. The van der Waals surface area contributed by atoms with E-state index in [0.29, 0.717) is 12.4 Å². The average Bonchev–Trinajstić information content (AvgIpc) is 2.42. The van der Waals surface area contributed by atoms with Gasteiger partial charge in [-0.05, 0) is 18.6 Å². The van der Waals surface area contributed by atoms with Gasteiger partial charge in [0.25, 0.3) is 5.91 Å². The van der Waals surface area contributed by atoms with Gasteiger partial charge in [0.15, 0.2) is 6.61 Å². The van der Waals surface area contributed by atoms with Crippen molar-refractivity contribution in [1.29, 1.82) is 0 Å². The Morgan fingerprint density at radius 1 is 1.29 bits per heavy atom. The fraction of sp³-hybridized carbons (Fsp3) is 0.308. The zero-order valence-electron chi connectivity index (χ0n) is 11.4. The number of carbonyl (C=O) groups is 3. The number of primary amides is 1. The number of aromatic carboxylic acids is 1. The normalized spacial score (nSPS) is 9.76. The van der Waals surface area contributed by atoms with Crippen molar-refractivity contribution in [2.75, 3.05) is 13.2 Å². The molecule has 114 valence electrons. The second kappa shape index (κ2) is 7.73. The molecule has 21 heavy (non-hydrogen) atoms. The van der Waals surface area contributed by atoms with Gasteiger partial charge in [-0.15, -0.1) is 0 Å². The number of hydrogen-bond donors (Lipinski definition) is 3. The molecule has 1 rings (SSSR count). The molecule has 0 heterocycles. The number of hydrogen-bond acceptors (Lipinski definition) is 5. The van der Waals surface area contributed by atoms with Crippen molar-refractivity contribution in [3.05, 3.63) is 23.8 Å². The van der Waals surface area contributed by atoms with Gasteiger partial charge in [0.1, 0.15) is 17.1 Å². The minimum absolute atomic E-state index is 0.0317. The molecule has 1 aromatic rings. The van der Waals surface area contributed by atoms with Crippen LogP contribution in [0.15, 0.2) is 18.2 Å². The number of carboxylic acid groups (broad SMARTS) is 1. The van der Waals surface area contributed by atoms with Crippen molar-refractivity contribution in [3.8, 4) is 11.5 Å². The molecule has 0 atom stereocenters. The lowest BCUT2D eigenvalue weighted by molar-refractivity contribution is -0.121. The van der Waals surface area contributed by atoms with Gasteiger partial charge in [-0.25, -0.2) is 9.59 Å². The van der Waals surface area contributed by atoms with E-state index in [1.54, 1.807) is 5.32 Å². The van der Waals surface area contributed by atoms with Gasteiger partial charge in [-0.1, -0.05) is 6.92 Å². The minimum Gasteiger partial charge on any atom is -0.493 e. The van der Waals surface area contributed by atoms with Gasteiger partial charge in [0.05, 0.1) is 6.61 Å². The molecule has 0 aromatic heterocycles. The Labute approximate surface area is 120 Å². The van der Waals surface area contributed by atoms with E-state index >= 15 is 0 Å². The molecule has 0 spiro atoms. The molecule has 0 bridgehead atoms. The molecule has 0 radical (unpaired) electrons. The fourth-order valence-corrected chi connectivity index (χ4v) is 1.43. The summed E-state index contributed by atoms with van der Waals surface area (Å²) >= 11 is 0. The van der Waals surface area contributed by atoms with Crippen LogP contribution in [0.5, 0.6) is 11.5 Å². The third-order valence-corrected chi connectivity index (χ3v) is 2.28. The van der Waals surface area contributed by atoms with E-state index in [-0.39, 0.29) is 11.3 Å². The van der Waals surface area contributed by atoms with Crippen LogP contribution in [0.3, 0.4) is 0 Å². The number of rotatable bonds is 7. The van der Waals surface area contributed by atoms with Crippen molar-refractivity contribution in [1.82, 2.24) is 5.32 Å². The fourth-order valence-electron chi connectivity index (χ4n) is 1.43. The first-order valence-corrected chi connectivity index (χ1v) is 6.16. The number of urea groups is 1. The minimum atomic E-state index is -1.21. The maximum Gasteiger partial charge on any atom is 0.339 e. The Hall–Kier alpha value is -2.77. The third-order valence-electron chi connectivity index (χ3n) is 2.28. The molecule has 0 saturated carbocycles. The number of carboxylic acids is 1. The predicted octanol–water partition coefficient (Wildman–Crippen LogP) is 0.747. The van der Waals surface area contributed by atoms with Crippen LogP contribution in [0.25, 0.3) is 0 Å². The summed E-state index contributed by atoms with van der Waals surface area (Å²) in [7, 11) is 0. The molecule has 0 aliphatic rings. The summed E-state index contributed by atoms with van der Waals surface area (Å²) in [5.41, 5.74) is 4.66. The Kier molecular flexibility index (Phi) is 5.99. The zero-order valence-corrected chi connectivity index (χ0v) is 11.4. The van der Waals surface area contributed by atoms with Crippen LogP contribution in [-0.4, -0.2) is 36.2 Å². The van der Waals surface area contributed by atoms with E-state index in [4.69, 9.17) is 20.3 Å². The molecule has 8 nitrogen and oxygen atoms in total. The second-order valence-corrected chi connectivity index (χ2v) is 4.01. The highest BCUT2D eigenvalue weighted by Crippen LogP contribution is 2.25. The Balaban J connectivity index is 2.83. The highest BCUT2D eigenvalue weighted by molar-refractivity contribution is 5.94. The van der Waals surface area contributed by atoms with Gasteiger partial charge in [0, 0.05) is 6.07 Å². The second-order valence-electron chi connectivity index (χ2n) is 4.01. The van der Waals surface area contributed by atoms with E-state index in [2.05, 4.69) is 0 Å². The predicted molar refractivity (Wildman–Crippen MR) is 72.4 cm³/mol. The Morgan fingerprint density at radius 2 is 2.00 bits per heavy atom. The number of nitrogens with two attached hydrogens (primary N) is 1. The molecule has 4 N–H and O–H groups in total. The molecule has 8 heteroatoms. The van der Waals surface area contributed by atoms with E-state index in [1.807, 2.05) is 6.92 Å². The Morgan fingerprint density at radius 3 is 2.57 bits per heavy atom. The highest BCUT2D eigenvalue weighted by Gasteiger charge is 2.14. The maximum atomic E-state index is 11.2. The zero-order chi connectivity index (χ0) is 15.8. The lowest BCUT2D eigenvalue weighted by atomic mass is 10.2. The molecule has 0 unspecified atom stereocenters. The van der Waals surface area contributed by atoms with E-state index in [0.717, 1.165) is 6.42 Å². The van der Waals surface area contributed by atoms with Crippen LogP contribution in [0.1, 0.15) is 23.7 Å². The van der Waals surface area contributed by atoms with Crippen LogP contribution < -0.4 is 20.5 Å². The average molecular weight is 296 g/mol. The standard InChI is InChI=1S/C13H16N2O6/c1-2-5-20-8-3-4-9(12(17)18)10(6-8)21-7-11(16)15-13(14)19/h3-4,6H,2,5,7H2,1H3,(H,17,18)(H3,14,15,16,19). The molecule has 0 saturated heterocycles. The summed E-state index contributed by atoms with van der Waals surface area (Å²) in [6.45, 7) is 1.85. The summed E-state index contributed by atoms with van der Waals surface area (Å²) in [5.74, 6) is -1.59. The first-order chi connectivity index (χ1) is 9.93. The van der Waals surface area contributed by atoms with E-state index < -0.39 is 24.5 Å². The number of imide groups is 1. The molecule has 1 aromatic carbocycles. The van der Waals surface area contributed by atoms with Crippen molar-refractivity contribution >= 4 is 17.9 Å². The molecule has 0 aliphatic heterocycles. The first-order valence-electron chi connectivity index (χ1n) is 6.16. The van der Waals surface area contributed by atoms with Gasteiger partial charge in [-0.2, -0.15) is 0 Å². The SMILES string of the molecule is CCCOc1ccc(C(=O)O)c(OCC(=O)NC(N)=O)c1. The maximum absolute atomic E-state index is 11.2. The summed E-state index contributed by atoms with van der Waals surface area (Å²) in [4.78, 5) is 32.8. The van der Waals surface area contributed by atoms with Crippen molar-refractivity contribution in [2.24, 2.45) is 5.73 Å². The van der Waals surface area contributed by atoms with Crippen LogP contribution >= 0.6 is 0 Å². The van der Waals surface area contributed by atoms with Crippen molar-refractivity contribution in [3.63, 3.8) is 0 Å². The van der Waals surface area contributed by atoms with Crippen LogP contribution in [-0.2, 0) is 4.79 Å². The summed E-state index contributed by atoms with van der Waals surface area (Å²) in [6.07, 6.45) is 0.790. The van der Waals surface area contributed by atoms with Crippen LogP contribution in [0.2, 0.25) is 0 Å². The molecular weight excluding hydrogens is 280 g/mol. The quantitative estimate of drug-likeness (QED) is 0.681. The number of benzene rings is 1. The summed E-state index contributed by atoms with van der Waals surface area (Å²) in [6, 6.07) is 3.17. The first kappa shape index (κ1) is 16.3. The van der Waals surface area contributed by atoms with Crippen molar-refractivity contribution < 1.29 is 29.0 Å². The van der Waals surface area contributed by atoms with E-state index in [1.165, 1.54) is 18.2 Å². The van der Waals surface area contributed by atoms with Gasteiger partial charge >= 0.3 is 12.0 Å². The van der Waals surface area contributed by atoms with Crippen LogP contribution in [0, 0.1) is 0 Å². The molecular formula is C13H16N2O6. The molecule has 0 aliphatic carbocycles. The molecule has 3 amide bonds. The van der Waals surface area contributed by atoms with E-state index in [9.17, 15) is 14.4 Å². The van der Waals surface area contributed by atoms with Gasteiger partial charge in [0.2, 0.25) is 0 Å². The van der Waals surface area contributed by atoms with Gasteiger partial charge < -0.3 is 20.3 Å². The smallest absolute Gasteiger partial charge is 0.339 e. The number of ether oxygens (including phenoxy) is 2. The third kappa shape index (κ3) is 5.39. The van der Waals surface area contributed by atoms with Gasteiger partial charge in [-0.3, -0.25) is 10.1 Å². The topological polar surface area (TPSA) is 128 Å². The number of amides is 3. The highest BCUT2D eigenvalue weighted by atomic mass is 16.5. The monoisotopic (exact) mass is 296 g/mol. The lowest BCUT2D eigenvalue weighted by Crippen LogP contribution is -2.38. The van der Waals surface area contributed by atoms with Crippen LogP contribution in [0.4, 0.5) is 4.79 Å². The summed E-state index contributed by atoms with van der Waals surface area (Å²) in [5, 5.41) is 10.9. The lowest BCUT2D eigenvalue weighted by Gasteiger charge is -2.11. The van der Waals surface area contributed by atoms with Crippen molar-refractivity contribution in [2.45, 2.75) is 13.3 Å². The number of carbonyl (C=O) groups excluding carboxylic acids is 2.